The van der Waals surface area contributed by atoms with Crippen LogP contribution in [0.4, 0.5) is 10.5 Å². The van der Waals surface area contributed by atoms with Gasteiger partial charge in [0.05, 0.1) is 17.7 Å². The highest BCUT2D eigenvalue weighted by Gasteiger charge is 2.36. The molecule has 0 spiro atoms. The molecule has 0 atom stereocenters. The Balaban J connectivity index is 1.46. The van der Waals surface area contributed by atoms with Crippen molar-refractivity contribution in [3.05, 3.63) is 119 Å². The number of fused-ring (bicyclic) bond motifs is 1. The minimum atomic E-state index is -0.346. The van der Waals surface area contributed by atoms with E-state index in [1.54, 1.807) is 43.5 Å². The van der Waals surface area contributed by atoms with Crippen molar-refractivity contribution in [2.75, 3.05) is 12.0 Å². The summed E-state index contributed by atoms with van der Waals surface area (Å²) in [5, 5.41) is 1.97. The molecule has 0 bridgehead atoms. The molecular weight excluding hydrogens is 482 g/mol. The molecule has 0 N–H and O–H groups in total. The summed E-state index contributed by atoms with van der Waals surface area (Å²) in [7, 11) is 1.59. The summed E-state index contributed by atoms with van der Waals surface area (Å²) in [5.41, 5.74) is 3.24. The zero-order valence-corrected chi connectivity index (χ0v) is 21.2. The highest BCUT2D eigenvalue weighted by Crippen LogP contribution is 2.39. The number of benzene rings is 4. The zero-order chi connectivity index (χ0) is 25.8. The molecule has 1 heterocycles. The van der Waals surface area contributed by atoms with Crippen molar-refractivity contribution in [3.8, 4) is 11.5 Å². The number of thioether (sulfide) groups is 1. The van der Waals surface area contributed by atoms with E-state index in [4.69, 9.17) is 9.47 Å². The van der Waals surface area contributed by atoms with Gasteiger partial charge in [-0.2, -0.15) is 0 Å². The second-order valence-electron chi connectivity index (χ2n) is 8.48. The topological polar surface area (TPSA) is 55.8 Å². The van der Waals surface area contributed by atoms with E-state index in [0.29, 0.717) is 35.1 Å². The van der Waals surface area contributed by atoms with Crippen LogP contribution in [0, 0.1) is 0 Å². The van der Waals surface area contributed by atoms with Crippen molar-refractivity contribution >= 4 is 45.4 Å². The van der Waals surface area contributed by atoms with Crippen molar-refractivity contribution in [2.24, 2.45) is 0 Å². The van der Waals surface area contributed by atoms with Gasteiger partial charge in [0.25, 0.3) is 11.1 Å². The summed E-state index contributed by atoms with van der Waals surface area (Å²) in [5.74, 6) is 0.833. The molecule has 0 radical (unpaired) electrons. The first-order valence-corrected chi connectivity index (χ1v) is 12.6. The average Bonchev–Trinajstić information content (AvgIpc) is 3.20. The Morgan fingerprint density at radius 1 is 0.919 bits per heavy atom. The van der Waals surface area contributed by atoms with Crippen LogP contribution in [0.3, 0.4) is 0 Å². The summed E-state index contributed by atoms with van der Waals surface area (Å²) in [4.78, 5) is 27.2. The smallest absolute Gasteiger partial charge is 0.298 e. The van der Waals surface area contributed by atoms with E-state index >= 15 is 0 Å². The average molecular weight is 508 g/mol. The molecule has 1 aliphatic heterocycles. The van der Waals surface area contributed by atoms with Crippen LogP contribution in [0.15, 0.2) is 102 Å². The fourth-order valence-corrected chi connectivity index (χ4v) is 5.22. The fourth-order valence-electron chi connectivity index (χ4n) is 4.38. The lowest BCUT2D eigenvalue weighted by atomic mass is 10.0. The Labute approximate surface area is 220 Å². The molecule has 1 aliphatic rings. The van der Waals surface area contributed by atoms with Gasteiger partial charge < -0.3 is 9.47 Å². The number of ether oxygens (including phenoxy) is 2. The lowest BCUT2D eigenvalue weighted by molar-refractivity contribution is -0.113. The predicted molar refractivity (Wildman–Crippen MR) is 150 cm³/mol. The quantitative estimate of drug-likeness (QED) is 0.184. The molecular formula is C31H25NO4S. The Bertz CT molecular complexity index is 1520. The Hall–Kier alpha value is -4.29. The van der Waals surface area contributed by atoms with Crippen molar-refractivity contribution < 1.29 is 19.1 Å². The Morgan fingerprint density at radius 2 is 1.68 bits per heavy atom. The number of nitrogens with zero attached hydrogens (tertiary/aromatic N) is 1. The van der Waals surface area contributed by atoms with E-state index in [9.17, 15) is 9.59 Å². The lowest BCUT2D eigenvalue weighted by Crippen LogP contribution is -2.27. The Kier molecular flexibility index (Phi) is 7.10. The van der Waals surface area contributed by atoms with Gasteiger partial charge >= 0.3 is 0 Å². The van der Waals surface area contributed by atoms with Crippen LogP contribution < -0.4 is 14.4 Å². The van der Waals surface area contributed by atoms with Crippen LogP contribution in [0.1, 0.15) is 16.7 Å². The number of carbonyl (C=O) groups is 2. The maximum Gasteiger partial charge on any atom is 0.298 e. The van der Waals surface area contributed by atoms with E-state index in [-0.39, 0.29) is 11.1 Å². The van der Waals surface area contributed by atoms with E-state index in [1.165, 1.54) is 4.90 Å². The van der Waals surface area contributed by atoms with Gasteiger partial charge in [-0.15, -0.1) is 6.58 Å². The molecule has 0 unspecified atom stereocenters. The molecule has 0 aliphatic carbocycles. The van der Waals surface area contributed by atoms with Crippen LogP contribution in [0.2, 0.25) is 0 Å². The van der Waals surface area contributed by atoms with E-state index < -0.39 is 0 Å². The number of allylic oxidation sites excluding steroid dienone is 1. The minimum absolute atomic E-state index is 0.323. The molecule has 5 nitrogen and oxygen atoms in total. The standard InChI is InChI=1S/C31H25NO4S/c1-3-10-23-17-21(19-28-30(33)32(31(34)37-28)25-14-5-4-6-15-25)18-27(35-2)29(23)36-20-24-13-9-12-22-11-7-8-16-26(22)24/h3-9,11-19H,1,10,20H2,2H3/b28-19-. The van der Waals surface area contributed by atoms with Gasteiger partial charge in [0.15, 0.2) is 11.5 Å². The van der Waals surface area contributed by atoms with Crippen molar-refractivity contribution in [1.29, 1.82) is 0 Å². The summed E-state index contributed by atoms with van der Waals surface area (Å²) < 4.78 is 12.0. The maximum atomic E-state index is 13.1. The molecule has 2 amide bonds. The molecule has 4 aromatic rings. The number of imide groups is 1. The molecule has 1 fully saturated rings. The fraction of sp³-hybridized carbons (Fsp3) is 0.0968. The highest BCUT2D eigenvalue weighted by molar-refractivity contribution is 8.19. The molecule has 0 saturated carbocycles. The molecule has 4 aromatic carbocycles. The first kappa shape index (κ1) is 24.4. The van der Waals surface area contributed by atoms with Gasteiger partial charge in [-0.25, -0.2) is 4.90 Å². The number of hydrogen-bond donors (Lipinski definition) is 0. The SMILES string of the molecule is C=CCc1cc(/C=C2\SC(=O)N(c3ccccc3)C2=O)cc(OC)c1OCc1cccc2ccccc12. The van der Waals surface area contributed by atoms with Gasteiger partial charge in [-0.05, 0) is 70.4 Å². The molecule has 0 aromatic heterocycles. The molecule has 37 heavy (non-hydrogen) atoms. The number of anilines is 1. The number of rotatable bonds is 8. The van der Waals surface area contributed by atoms with Gasteiger partial charge in [-0.1, -0.05) is 66.7 Å². The van der Waals surface area contributed by atoms with E-state index in [1.807, 2.05) is 36.4 Å². The minimum Gasteiger partial charge on any atom is -0.493 e. The third kappa shape index (κ3) is 5.01. The first-order chi connectivity index (χ1) is 18.1. The second-order valence-corrected chi connectivity index (χ2v) is 9.48. The molecule has 184 valence electrons. The summed E-state index contributed by atoms with van der Waals surface area (Å²) in [6, 6.07) is 27.0. The van der Waals surface area contributed by atoms with Crippen LogP contribution in [0.5, 0.6) is 11.5 Å². The van der Waals surface area contributed by atoms with Crippen LogP contribution in [-0.2, 0) is 17.8 Å². The number of carbonyl (C=O) groups excluding carboxylic acids is 2. The number of para-hydroxylation sites is 1. The Morgan fingerprint density at radius 3 is 2.46 bits per heavy atom. The normalized spacial score (nSPS) is 14.4. The molecule has 1 saturated heterocycles. The number of amides is 2. The van der Waals surface area contributed by atoms with Crippen molar-refractivity contribution in [1.82, 2.24) is 0 Å². The van der Waals surface area contributed by atoms with Crippen LogP contribution >= 0.6 is 11.8 Å². The first-order valence-electron chi connectivity index (χ1n) is 11.8. The third-order valence-corrected chi connectivity index (χ3v) is 6.97. The third-order valence-electron chi connectivity index (χ3n) is 6.10. The van der Waals surface area contributed by atoms with E-state index in [0.717, 1.165) is 39.2 Å². The monoisotopic (exact) mass is 507 g/mol. The number of hydrogen-bond acceptors (Lipinski definition) is 5. The second kappa shape index (κ2) is 10.8. The largest absolute Gasteiger partial charge is 0.493 e. The summed E-state index contributed by atoms with van der Waals surface area (Å²) in [6.07, 6.45) is 4.07. The van der Waals surface area contributed by atoms with Crippen LogP contribution in [0.25, 0.3) is 16.8 Å². The van der Waals surface area contributed by atoms with E-state index in [2.05, 4.69) is 30.8 Å². The molecule has 6 heteroatoms. The van der Waals surface area contributed by atoms with Gasteiger partial charge in [0.1, 0.15) is 6.61 Å². The van der Waals surface area contributed by atoms with Crippen molar-refractivity contribution in [2.45, 2.75) is 13.0 Å². The maximum absolute atomic E-state index is 13.1. The zero-order valence-electron chi connectivity index (χ0n) is 20.3. The highest BCUT2D eigenvalue weighted by atomic mass is 32.2. The summed E-state index contributed by atoms with van der Waals surface area (Å²) >= 11 is 0.923. The van der Waals surface area contributed by atoms with Gasteiger partial charge in [-0.3, -0.25) is 9.59 Å². The number of methoxy groups -OCH3 is 1. The van der Waals surface area contributed by atoms with Gasteiger partial charge in [0.2, 0.25) is 0 Å². The molecule has 5 rings (SSSR count). The summed E-state index contributed by atoms with van der Waals surface area (Å²) in [6.45, 7) is 4.26. The van der Waals surface area contributed by atoms with Crippen LogP contribution in [-0.4, -0.2) is 18.3 Å². The van der Waals surface area contributed by atoms with Gasteiger partial charge in [0, 0.05) is 5.56 Å². The predicted octanol–water partition coefficient (Wildman–Crippen LogP) is 7.40. The lowest BCUT2D eigenvalue weighted by Gasteiger charge is -2.17. The van der Waals surface area contributed by atoms with Crippen molar-refractivity contribution in [3.63, 3.8) is 0 Å².